The maximum atomic E-state index is 14.0. The third-order valence-corrected chi connectivity index (χ3v) is 14.8. The highest BCUT2D eigenvalue weighted by molar-refractivity contribution is 5.92. The Labute approximate surface area is 185 Å². The zero-order valence-corrected chi connectivity index (χ0v) is 18.5. The van der Waals surface area contributed by atoms with Crippen LogP contribution in [0.5, 0.6) is 0 Å². The summed E-state index contributed by atoms with van der Waals surface area (Å²) in [5.41, 5.74) is 1.27. The third kappa shape index (κ3) is 0.785. The minimum atomic E-state index is -0.524. The first-order valence-electron chi connectivity index (χ1n) is 12.6. The van der Waals surface area contributed by atoms with Gasteiger partial charge >= 0.3 is 11.9 Å². The van der Waals surface area contributed by atoms with Gasteiger partial charge in [0.05, 0.1) is 25.4 Å². The van der Waals surface area contributed by atoms with E-state index in [2.05, 4.69) is 0 Å². The van der Waals surface area contributed by atoms with Crippen molar-refractivity contribution < 1.29 is 28.5 Å². The average molecular weight is 434 g/mol. The van der Waals surface area contributed by atoms with E-state index in [0.717, 1.165) is 0 Å². The van der Waals surface area contributed by atoms with Crippen LogP contribution in [0.1, 0.15) is 0 Å². The van der Waals surface area contributed by atoms with Crippen LogP contribution >= 0.6 is 0 Å². The molecule has 0 N–H and O–H groups in total. The number of carbonyl (C=O) groups is 2. The van der Waals surface area contributed by atoms with Gasteiger partial charge < -0.3 is 18.9 Å². The molecule has 10 fully saturated rings. The van der Waals surface area contributed by atoms with Gasteiger partial charge in [-0.1, -0.05) is 11.1 Å². The predicted molar refractivity (Wildman–Crippen MR) is 104 cm³/mol. The molecule has 10 saturated carbocycles. The Morgan fingerprint density at radius 2 is 0.938 bits per heavy atom. The smallest absolute Gasteiger partial charge is 0.315 e. The molecule has 18 atom stereocenters. The van der Waals surface area contributed by atoms with Crippen LogP contribution in [0.3, 0.4) is 0 Å². The molecule has 12 rings (SSSR count). The lowest BCUT2D eigenvalue weighted by molar-refractivity contribution is -0.201. The first kappa shape index (κ1) is 16.3. The summed E-state index contributed by atoms with van der Waals surface area (Å²) in [5.74, 6) is 5.24. The molecule has 0 saturated heterocycles. The van der Waals surface area contributed by atoms with Gasteiger partial charge in [0.15, 0.2) is 0 Å². The number of methoxy groups -OCH3 is 4. The number of hydrogen-bond acceptors (Lipinski definition) is 6. The Kier molecular flexibility index (Phi) is 1.89. The van der Waals surface area contributed by atoms with Crippen LogP contribution in [-0.2, 0) is 28.5 Å². The summed E-state index contributed by atoms with van der Waals surface area (Å²) >= 11 is 0. The first-order chi connectivity index (χ1) is 15.6. The number of carbonyl (C=O) groups excluding carboxylic acids is 2. The van der Waals surface area contributed by atoms with E-state index in [1.807, 2.05) is 14.2 Å². The molecule has 0 aromatic rings. The monoisotopic (exact) mass is 434 g/mol. The van der Waals surface area contributed by atoms with Gasteiger partial charge in [0, 0.05) is 37.9 Å². The van der Waals surface area contributed by atoms with Crippen LogP contribution in [0.2, 0.25) is 0 Å². The minimum Gasteiger partial charge on any atom is -0.468 e. The van der Waals surface area contributed by atoms with Crippen molar-refractivity contribution >= 4 is 11.9 Å². The summed E-state index contributed by atoms with van der Waals surface area (Å²) in [4.78, 5) is 28.0. The van der Waals surface area contributed by atoms with Crippen LogP contribution in [-0.4, -0.2) is 51.6 Å². The van der Waals surface area contributed by atoms with Gasteiger partial charge in [0.25, 0.3) is 0 Å². The van der Waals surface area contributed by atoms with Gasteiger partial charge in [-0.2, -0.15) is 0 Å². The van der Waals surface area contributed by atoms with Crippen molar-refractivity contribution in [2.45, 2.75) is 11.2 Å². The molecule has 0 radical (unpaired) electrons. The molecular weight excluding hydrogens is 408 g/mol. The summed E-state index contributed by atoms with van der Waals surface area (Å²) < 4.78 is 24.9. The fraction of sp³-hybridized carbons (Fsp3) is 0.846. The van der Waals surface area contributed by atoms with Crippen LogP contribution in [0.15, 0.2) is 11.1 Å². The zero-order chi connectivity index (χ0) is 21.2. The Bertz CT molecular complexity index is 1130. The number of rotatable bonds is 4. The summed E-state index contributed by atoms with van der Waals surface area (Å²) in [5, 5.41) is 0. The zero-order valence-electron chi connectivity index (χ0n) is 18.5. The fourth-order valence-electron chi connectivity index (χ4n) is 16.5. The molecule has 166 valence electrons. The lowest BCUT2D eigenvalue weighted by Gasteiger charge is -2.49. The van der Waals surface area contributed by atoms with Gasteiger partial charge in [0.2, 0.25) is 0 Å². The normalized spacial score (nSPS) is 76.4. The molecule has 12 aliphatic rings. The predicted octanol–water partition coefficient (Wildman–Crippen LogP) is 1.15. The van der Waals surface area contributed by atoms with Gasteiger partial charge in [0.1, 0.15) is 10.8 Å². The van der Waals surface area contributed by atoms with E-state index in [1.165, 1.54) is 0 Å². The molecule has 32 heavy (non-hydrogen) atoms. The second kappa shape index (κ2) is 3.73. The molecule has 0 aliphatic heterocycles. The summed E-state index contributed by atoms with van der Waals surface area (Å²) in [6, 6.07) is 0. The second-order valence-corrected chi connectivity index (χ2v) is 13.1. The van der Waals surface area contributed by atoms with Crippen LogP contribution < -0.4 is 0 Å². The van der Waals surface area contributed by atoms with Gasteiger partial charge in [-0.25, -0.2) is 0 Å². The van der Waals surface area contributed by atoms with Gasteiger partial charge in [-0.15, -0.1) is 0 Å². The van der Waals surface area contributed by atoms with E-state index in [-0.39, 0.29) is 35.0 Å². The van der Waals surface area contributed by atoms with Crippen LogP contribution in [0.4, 0.5) is 0 Å². The maximum absolute atomic E-state index is 14.0. The lowest BCUT2D eigenvalue weighted by atomic mass is 9.59. The van der Waals surface area contributed by atoms with E-state index in [0.29, 0.717) is 71.0 Å². The van der Waals surface area contributed by atoms with E-state index < -0.39 is 10.8 Å². The minimum absolute atomic E-state index is 0.00484. The van der Waals surface area contributed by atoms with Crippen molar-refractivity contribution in [1.29, 1.82) is 0 Å². The molecule has 0 aromatic heterocycles. The van der Waals surface area contributed by atoms with E-state index in [1.54, 1.807) is 25.4 Å². The average Bonchev–Trinajstić information content (AvgIpc) is 3.57. The Morgan fingerprint density at radius 1 is 0.562 bits per heavy atom. The molecule has 0 aromatic carbocycles. The lowest BCUT2D eigenvalue weighted by Crippen LogP contribution is -2.61. The Balaban J connectivity index is 1.39. The van der Waals surface area contributed by atoms with Crippen molar-refractivity contribution in [3.63, 3.8) is 0 Å². The highest BCUT2D eigenvalue weighted by Crippen LogP contribution is 3.06. The summed E-state index contributed by atoms with van der Waals surface area (Å²) in [6.07, 6.45) is 0. The van der Waals surface area contributed by atoms with E-state index in [4.69, 9.17) is 18.9 Å². The molecule has 0 bridgehead atoms. The van der Waals surface area contributed by atoms with Crippen molar-refractivity contribution in [3.05, 3.63) is 11.1 Å². The quantitative estimate of drug-likeness (QED) is 0.488. The van der Waals surface area contributed by atoms with Gasteiger partial charge in [-0.3, -0.25) is 9.59 Å². The largest absolute Gasteiger partial charge is 0.468 e. The third-order valence-electron chi connectivity index (χ3n) is 14.8. The maximum Gasteiger partial charge on any atom is 0.315 e. The molecule has 0 spiro atoms. The highest BCUT2D eigenvalue weighted by atomic mass is 16.5. The second-order valence-electron chi connectivity index (χ2n) is 13.1. The number of esters is 2. The molecule has 6 nitrogen and oxygen atoms in total. The first-order valence-corrected chi connectivity index (χ1v) is 12.6. The summed E-state index contributed by atoms with van der Waals surface area (Å²) in [6.45, 7) is 0. The van der Waals surface area contributed by atoms with Crippen LogP contribution in [0, 0.1) is 93.7 Å². The molecule has 6 heteroatoms. The Hall–Kier alpha value is -1.40. The highest BCUT2D eigenvalue weighted by Gasteiger charge is 3.10. The van der Waals surface area contributed by atoms with E-state index in [9.17, 15) is 9.59 Å². The molecular formula is C26H26O6. The molecule has 4 unspecified atom stereocenters. The van der Waals surface area contributed by atoms with Gasteiger partial charge in [-0.05, 0) is 59.2 Å². The molecule has 12 aliphatic carbocycles. The standard InChI is InChI=1S/C26H26O6/c1-29-21(27)23-13-5-6-14(23)8-10-16(6)24(22(28)30-2)15(5)9-7(13)17-11-12(18(8)25(17,23)31-3)20(10)26(24,32-4)19(9)11/h5-7,9,11-20H,1-4H3/t5?,6?,7-,9+,11?,12?,13+,14-,15-,16+,17+,18-,19-,20+,23-,24+,25-,26+. The van der Waals surface area contributed by atoms with E-state index >= 15 is 0 Å². The van der Waals surface area contributed by atoms with Crippen molar-refractivity contribution in [1.82, 2.24) is 0 Å². The van der Waals surface area contributed by atoms with Crippen molar-refractivity contribution in [3.8, 4) is 0 Å². The number of ether oxygens (including phenoxy) is 4. The van der Waals surface area contributed by atoms with Crippen molar-refractivity contribution in [2.75, 3.05) is 28.4 Å². The fourth-order valence-corrected chi connectivity index (χ4v) is 16.5. The summed E-state index contributed by atoms with van der Waals surface area (Å²) in [7, 11) is 6.94. The molecule has 0 heterocycles. The Morgan fingerprint density at radius 3 is 1.34 bits per heavy atom. The number of hydrogen-bond donors (Lipinski definition) is 0. The van der Waals surface area contributed by atoms with Crippen molar-refractivity contribution in [2.24, 2.45) is 93.7 Å². The topological polar surface area (TPSA) is 71.1 Å². The molecule has 0 amide bonds. The SMILES string of the molecule is COC(=O)[C@@]12[C@H]3C4=C5[C@@H]6C3C3[C@@H]7[C@@H]8[C@@H]([C@H]9C%10C([C@@H]4[C@]91OC)[C@H]5[C@@](OC)([C@@H]%108)[C@]67C(=O)OC)[C@H]32. The van der Waals surface area contributed by atoms with Crippen LogP contribution in [0.25, 0.3) is 0 Å².